The van der Waals surface area contributed by atoms with Crippen molar-refractivity contribution in [1.82, 2.24) is 0 Å². The number of benzene rings is 1. The van der Waals surface area contributed by atoms with E-state index >= 15 is 0 Å². The van der Waals surface area contributed by atoms with Crippen LogP contribution in [0, 0.1) is 21.4 Å². The fourth-order valence-electron chi connectivity index (χ4n) is 2.72. The van der Waals surface area contributed by atoms with Gasteiger partial charge in [0, 0.05) is 25.2 Å². The second-order valence-corrected chi connectivity index (χ2v) is 5.25. The van der Waals surface area contributed by atoms with Gasteiger partial charge in [0.25, 0.3) is 5.69 Å². The van der Waals surface area contributed by atoms with E-state index in [1.807, 2.05) is 18.0 Å². The van der Waals surface area contributed by atoms with Gasteiger partial charge in [-0.1, -0.05) is 0 Å². The molecule has 0 bridgehead atoms. The zero-order valence-corrected chi connectivity index (χ0v) is 11.5. The van der Waals surface area contributed by atoms with Gasteiger partial charge < -0.3 is 10.6 Å². The third-order valence-corrected chi connectivity index (χ3v) is 3.97. The summed E-state index contributed by atoms with van der Waals surface area (Å²) in [7, 11) is 1.85. The second kappa shape index (κ2) is 5.88. The van der Waals surface area contributed by atoms with Gasteiger partial charge in [-0.15, -0.1) is 0 Å². The van der Waals surface area contributed by atoms with Crippen LogP contribution in [-0.4, -0.2) is 24.1 Å². The van der Waals surface area contributed by atoms with E-state index < -0.39 is 4.92 Å². The van der Waals surface area contributed by atoms with Gasteiger partial charge in [-0.05, 0) is 37.8 Å². The molecule has 0 radical (unpaired) electrons. The normalized spacial score (nSPS) is 22.1. The zero-order chi connectivity index (χ0) is 14.7. The number of hydrogen-bond donors (Lipinski definition) is 1. The van der Waals surface area contributed by atoms with E-state index in [0.717, 1.165) is 25.7 Å². The van der Waals surface area contributed by atoms with E-state index in [1.165, 1.54) is 12.1 Å². The number of anilines is 1. The predicted molar refractivity (Wildman–Crippen MR) is 76.4 cm³/mol. The van der Waals surface area contributed by atoms with Gasteiger partial charge >= 0.3 is 0 Å². The minimum absolute atomic E-state index is 0.0429. The molecule has 2 N–H and O–H groups in total. The van der Waals surface area contributed by atoms with Crippen LogP contribution in [0.1, 0.15) is 31.2 Å². The van der Waals surface area contributed by atoms with Crippen LogP contribution in [0.15, 0.2) is 18.2 Å². The van der Waals surface area contributed by atoms with Gasteiger partial charge in [0.15, 0.2) is 0 Å². The molecule has 0 unspecified atom stereocenters. The van der Waals surface area contributed by atoms with Crippen LogP contribution in [0.4, 0.5) is 11.4 Å². The zero-order valence-electron chi connectivity index (χ0n) is 11.5. The maximum atomic E-state index is 11.1. The van der Waals surface area contributed by atoms with Crippen molar-refractivity contribution in [3.63, 3.8) is 0 Å². The average Bonchev–Trinajstić information content (AvgIpc) is 2.46. The van der Waals surface area contributed by atoms with E-state index in [0.29, 0.717) is 11.3 Å². The van der Waals surface area contributed by atoms with Crippen molar-refractivity contribution in [3.8, 4) is 6.07 Å². The SMILES string of the molecule is CN(c1cc(C#N)ccc1[N+](=O)[O-])C1CCC(N)CC1. The lowest BCUT2D eigenvalue weighted by molar-refractivity contribution is -0.384. The Kier molecular flexibility index (Phi) is 4.20. The predicted octanol–water partition coefficient (Wildman–Crippen LogP) is 2.17. The highest BCUT2D eigenvalue weighted by molar-refractivity contribution is 5.66. The molecule has 0 saturated heterocycles. The molecule has 1 saturated carbocycles. The Morgan fingerprint density at radius 3 is 2.60 bits per heavy atom. The standard InChI is InChI=1S/C14H18N4O2/c1-17(12-5-3-11(16)4-6-12)14-8-10(9-15)2-7-13(14)18(19)20/h2,7-8,11-12H,3-6,16H2,1H3. The first kappa shape index (κ1) is 14.3. The van der Waals surface area contributed by atoms with Crippen molar-refractivity contribution >= 4 is 11.4 Å². The van der Waals surface area contributed by atoms with Crippen molar-refractivity contribution < 1.29 is 4.92 Å². The fourth-order valence-corrected chi connectivity index (χ4v) is 2.72. The van der Waals surface area contributed by atoms with Gasteiger partial charge in [0.05, 0.1) is 16.6 Å². The summed E-state index contributed by atoms with van der Waals surface area (Å²) in [4.78, 5) is 12.7. The lowest BCUT2D eigenvalue weighted by Gasteiger charge is -2.34. The van der Waals surface area contributed by atoms with Crippen LogP contribution in [0.3, 0.4) is 0 Å². The third kappa shape index (κ3) is 2.89. The minimum atomic E-state index is -0.401. The maximum absolute atomic E-state index is 11.1. The summed E-state index contributed by atoms with van der Waals surface area (Å²) in [6.07, 6.45) is 3.71. The van der Waals surface area contributed by atoms with E-state index in [-0.39, 0.29) is 17.8 Å². The Hall–Kier alpha value is -2.13. The smallest absolute Gasteiger partial charge is 0.292 e. The van der Waals surface area contributed by atoms with Crippen LogP contribution in [-0.2, 0) is 0 Å². The van der Waals surface area contributed by atoms with Crippen LogP contribution in [0.5, 0.6) is 0 Å². The molecular formula is C14H18N4O2. The molecule has 0 atom stereocenters. The topological polar surface area (TPSA) is 96.2 Å². The first-order chi connectivity index (χ1) is 9.52. The number of nitrogens with zero attached hydrogens (tertiary/aromatic N) is 3. The minimum Gasteiger partial charge on any atom is -0.366 e. The van der Waals surface area contributed by atoms with Crippen LogP contribution in [0.2, 0.25) is 0 Å². The number of nitro groups is 1. The Bertz CT molecular complexity index is 545. The molecule has 2 rings (SSSR count). The van der Waals surface area contributed by atoms with Gasteiger partial charge in [-0.3, -0.25) is 10.1 Å². The highest BCUT2D eigenvalue weighted by Gasteiger charge is 2.26. The molecule has 6 nitrogen and oxygen atoms in total. The first-order valence-electron chi connectivity index (χ1n) is 6.70. The summed E-state index contributed by atoms with van der Waals surface area (Å²) in [5, 5.41) is 20.1. The highest BCUT2D eigenvalue weighted by Crippen LogP contribution is 2.33. The molecule has 0 aliphatic heterocycles. The van der Waals surface area contributed by atoms with Crippen molar-refractivity contribution in [3.05, 3.63) is 33.9 Å². The Balaban J connectivity index is 2.30. The van der Waals surface area contributed by atoms with E-state index in [2.05, 4.69) is 0 Å². The first-order valence-corrected chi connectivity index (χ1v) is 6.70. The van der Waals surface area contributed by atoms with Crippen LogP contribution < -0.4 is 10.6 Å². The van der Waals surface area contributed by atoms with Crippen molar-refractivity contribution in [2.24, 2.45) is 5.73 Å². The van der Waals surface area contributed by atoms with E-state index in [4.69, 9.17) is 11.0 Å². The number of rotatable bonds is 3. The average molecular weight is 274 g/mol. The Morgan fingerprint density at radius 2 is 2.05 bits per heavy atom. The molecule has 0 spiro atoms. The number of hydrogen-bond acceptors (Lipinski definition) is 5. The molecule has 106 valence electrons. The summed E-state index contributed by atoms with van der Waals surface area (Å²) >= 11 is 0. The largest absolute Gasteiger partial charge is 0.366 e. The molecule has 1 aliphatic rings. The van der Waals surface area contributed by atoms with Crippen LogP contribution in [0.25, 0.3) is 0 Å². The summed E-state index contributed by atoms with van der Waals surface area (Å²) < 4.78 is 0. The lowest BCUT2D eigenvalue weighted by Crippen LogP contribution is -2.39. The fraction of sp³-hybridized carbons (Fsp3) is 0.500. The summed E-state index contributed by atoms with van der Waals surface area (Å²) in [5.74, 6) is 0. The molecule has 1 aliphatic carbocycles. The molecule has 1 aromatic rings. The Morgan fingerprint density at radius 1 is 1.40 bits per heavy atom. The molecule has 6 heteroatoms. The van der Waals surface area contributed by atoms with Crippen LogP contribution >= 0.6 is 0 Å². The van der Waals surface area contributed by atoms with Gasteiger partial charge in [-0.25, -0.2) is 0 Å². The summed E-state index contributed by atoms with van der Waals surface area (Å²) in [6, 6.07) is 6.97. The molecular weight excluding hydrogens is 256 g/mol. The molecule has 0 amide bonds. The van der Waals surface area contributed by atoms with Gasteiger partial charge in [-0.2, -0.15) is 5.26 Å². The Labute approximate surface area is 117 Å². The summed E-state index contributed by atoms with van der Waals surface area (Å²) in [5.41, 5.74) is 6.88. The molecule has 0 heterocycles. The molecule has 1 aromatic carbocycles. The number of nitrogens with two attached hydrogens (primary N) is 1. The van der Waals surface area contributed by atoms with Gasteiger partial charge in [0.1, 0.15) is 5.69 Å². The quantitative estimate of drug-likeness (QED) is 0.673. The third-order valence-electron chi connectivity index (χ3n) is 3.97. The van der Waals surface area contributed by atoms with Crippen molar-refractivity contribution in [1.29, 1.82) is 5.26 Å². The van der Waals surface area contributed by atoms with Gasteiger partial charge in [0.2, 0.25) is 0 Å². The van der Waals surface area contributed by atoms with Crippen molar-refractivity contribution in [2.45, 2.75) is 37.8 Å². The molecule has 1 fully saturated rings. The highest BCUT2D eigenvalue weighted by atomic mass is 16.6. The van der Waals surface area contributed by atoms with E-state index in [9.17, 15) is 10.1 Å². The van der Waals surface area contributed by atoms with E-state index in [1.54, 1.807) is 6.07 Å². The number of nitro benzene ring substituents is 1. The maximum Gasteiger partial charge on any atom is 0.292 e. The lowest BCUT2D eigenvalue weighted by atomic mass is 9.90. The monoisotopic (exact) mass is 274 g/mol. The molecule has 20 heavy (non-hydrogen) atoms. The summed E-state index contributed by atoms with van der Waals surface area (Å²) in [6.45, 7) is 0. The molecule has 0 aromatic heterocycles. The van der Waals surface area contributed by atoms with Crippen molar-refractivity contribution in [2.75, 3.05) is 11.9 Å². The second-order valence-electron chi connectivity index (χ2n) is 5.25. The number of nitriles is 1.